The number of hydrogen-bond acceptors (Lipinski definition) is 2. The van der Waals surface area contributed by atoms with E-state index in [1.807, 2.05) is 19.9 Å². The third-order valence-corrected chi connectivity index (χ3v) is 1.73. The second-order valence-corrected chi connectivity index (χ2v) is 2.94. The van der Waals surface area contributed by atoms with Crippen molar-refractivity contribution < 1.29 is 0 Å². The minimum absolute atomic E-state index is 0.412. The van der Waals surface area contributed by atoms with Crippen LogP contribution >= 0.6 is 12.2 Å². The number of nitrogens with two attached hydrogens (primary N) is 1. The molecule has 0 saturated heterocycles. The van der Waals surface area contributed by atoms with Gasteiger partial charge in [0.1, 0.15) is 4.99 Å². The van der Waals surface area contributed by atoms with Crippen molar-refractivity contribution in [2.75, 3.05) is 0 Å². The average molecular weight is 166 g/mol. The molecule has 2 nitrogen and oxygen atoms in total. The Bertz CT molecular complexity index is 294. The van der Waals surface area contributed by atoms with Crippen molar-refractivity contribution >= 4 is 17.2 Å². The van der Waals surface area contributed by atoms with E-state index in [0.29, 0.717) is 4.99 Å². The molecule has 0 spiro atoms. The Morgan fingerprint density at radius 2 is 2.18 bits per heavy atom. The van der Waals surface area contributed by atoms with E-state index in [2.05, 4.69) is 4.98 Å². The highest BCUT2D eigenvalue weighted by Crippen LogP contribution is 2.06. The molecule has 3 heteroatoms. The van der Waals surface area contributed by atoms with E-state index in [-0.39, 0.29) is 0 Å². The van der Waals surface area contributed by atoms with E-state index in [9.17, 15) is 0 Å². The van der Waals surface area contributed by atoms with Crippen LogP contribution in [0.4, 0.5) is 0 Å². The van der Waals surface area contributed by atoms with Gasteiger partial charge in [0.2, 0.25) is 0 Å². The summed E-state index contributed by atoms with van der Waals surface area (Å²) in [5, 5.41) is 0. The predicted molar refractivity (Wildman–Crippen MR) is 49.6 cm³/mol. The smallest absolute Gasteiger partial charge is 0.105 e. The summed E-state index contributed by atoms with van der Waals surface area (Å²) in [5.41, 5.74) is 8.40. The number of aryl methyl sites for hydroxylation is 2. The molecule has 0 aliphatic carbocycles. The second-order valence-electron chi connectivity index (χ2n) is 2.50. The minimum atomic E-state index is 0.412. The Hall–Kier alpha value is -0.960. The van der Waals surface area contributed by atoms with Gasteiger partial charge in [-0.3, -0.25) is 4.98 Å². The third-order valence-electron chi connectivity index (χ3n) is 1.51. The highest BCUT2D eigenvalue weighted by Gasteiger charge is 2.00. The fourth-order valence-electron chi connectivity index (χ4n) is 0.954. The summed E-state index contributed by atoms with van der Waals surface area (Å²) >= 11 is 4.83. The summed E-state index contributed by atoms with van der Waals surface area (Å²) in [4.78, 5) is 4.51. The van der Waals surface area contributed by atoms with Crippen LogP contribution in [0.1, 0.15) is 16.8 Å². The van der Waals surface area contributed by atoms with Crippen LogP contribution < -0.4 is 5.73 Å². The van der Waals surface area contributed by atoms with Crippen molar-refractivity contribution in [3.63, 3.8) is 0 Å². The van der Waals surface area contributed by atoms with E-state index in [4.69, 9.17) is 18.0 Å². The van der Waals surface area contributed by atoms with Crippen molar-refractivity contribution in [1.82, 2.24) is 4.98 Å². The van der Waals surface area contributed by atoms with Gasteiger partial charge in [0, 0.05) is 17.5 Å². The van der Waals surface area contributed by atoms with Crippen molar-refractivity contribution in [3.8, 4) is 0 Å². The molecule has 0 fully saturated rings. The summed E-state index contributed by atoms with van der Waals surface area (Å²) in [6.45, 7) is 3.92. The van der Waals surface area contributed by atoms with Crippen molar-refractivity contribution in [2.24, 2.45) is 5.73 Å². The van der Waals surface area contributed by atoms with Crippen LogP contribution in [-0.2, 0) is 0 Å². The average Bonchev–Trinajstić information content (AvgIpc) is 1.85. The molecule has 1 aromatic rings. The second kappa shape index (κ2) is 2.96. The van der Waals surface area contributed by atoms with Gasteiger partial charge in [-0.1, -0.05) is 12.2 Å². The van der Waals surface area contributed by atoms with Gasteiger partial charge in [0.15, 0.2) is 0 Å². The summed E-state index contributed by atoms with van der Waals surface area (Å²) in [7, 11) is 0. The zero-order valence-corrected chi connectivity index (χ0v) is 7.40. The first-order valence-electron chi connectivity index (χ1n) is 3.34. The maximum Gasteiger partial charge on any atom is 0.105 e. The van der Waals surface area contributed by atoms with E-state index >= 15 is 0 Å². The molecule has 58 valence electrons. The predicted octanol–water partition coefficient (Wildman–Crippen LogP) is 1.33. The van der Waals surface area contributed by atoms with Crippen LogP contribution in [0.3, 0.4) is 0 Å². The Morgan fingerprint density at radius 1 is 1.55 bits per heavy atom. The fraction of sp³-hybridized carbons (Fsp3) is 0.250. The zero-order valence-electron chi connectivity index (χ0n) is 6.59. The molecule has 0 aromatic carbocycles. The van der Waals surface area contributed by atoms with Gasteiger partial charge in [-0.05, 0) is 25.5 Å². The van der Waals surface area contributed by atoms with Gasteiger partial charge in [0.25, 0.3) is 0 Å². The van der Waals surface area contributed by atoms with E-state index < -0.39 is 0 Å². The maximum absolute atomic E-state index is 5.46. The highest BCUT2D eigenvalue weighted by atomic mass is 32.1. The largest absolute Gasteiger partial charge is 0.389 e. The molecular formula is C8H10N2S. The van der Waals surface area contributed by atoms with E-state index in [1.165, 1.54) is 0 Å². The number of thiocarbonyl (C=S) groups is 1. The molecule has 0 radical (unpaired) electrons. The van der Waals surface area contributed by atoms with Gasteiger partial charge in [-0.25, -0.2) is 0 Å². The lowest BCUT2D eigenvalue weighted by Gasteiger charge is -2.02. The molecule has 2 N–H and O–H groups in total. The summed E-state index contributed by atoms with van der Waals surface area (Å²) < 4.78 is 0. The molecule has 1 rings (SSSR count). The zero-order chi connectivity index (χ0) is 8.43. The van der Waals surface area contributed by atoms with Gasteiger partial charge in [-0.15, -0.1) is 0 Å². The molecule has 0 atom stereocenters. The van der Waals surface area contributed by atoms with Crippen LogP contribution in [0.15, 0.2) is 12.3 Å². The van der Waals surface area contributed by atoms with Crippen LogP contribution in [-0.4, -0.2) is 9.97 Å². The van der Waals surface area contributed by atoms with Crippen molar-refractivity contribution in [3.05, 3.63) is 29.1 Å². The van der Waals surface area contributed by atoms with Crippen LogP contribution in [0.25, 0.3) is 0 Å². The highest BCUT2D eigenvalue weighted by molar-refractivity contribution is 7.80. The number of rotatable bonds is 1. The quantitative estimate of drug-likeness (QED) is 0.640. The lowest BCUT2D eigenvalue weighted by Crippen LogP contribution is -2.11. The number of nitrogens with zero attached hydrogens (tertiary/aromatic N) is 1. The van der Waals surface area contributed by atoms with Crippen LogP contribution in [0, 0.1) is 13.8 Å². The standard InChI is InChI=1S/C8H10N2S/c1-5-3-6(2)10-4-7(5)8(9)11/h3-4H,1-2H3,(H2,9,11). The minimum Gasteiger partial charge on any atom is -0.389 e. The van der Waals surface area contributed by atoms with Crippen molar-refractivity contribution in [2.45, 2.75) is 13.8 Å². The van der Waals surface area contributed by atoms with Gasteiger partial charge in [-0.2, -0.15) is 0 Å². The Balaban J connectivity index is 3.20. The first-order chi connectivity index (χ1) is 5.11. The fourth-order valence-corrected chi connectivity index (χ4v) is 1.17. The molecule has 0 amide bonds. The molecular weight excluding hydrogens is 156 g/mol. The molecule has 0 bridgehead atoms. The topological polar surface area (TPSA) is 38.9 Å². The first kappa shape index (κ1) is 8.14. The number of aromatic nitrogens is 1. The van der Waals surface area contributed by atoms with E-state index in [1.54, 1.807) is 6.20 Å². The summed E-state index contributed by atoms with van der Waals surface area (Å²) in [5.74, 6) is 0. The molecule has 0 unspecified atom stereocenters. The van der Waals surface area contributed by atoms with Gasteiger partial charge >= 0.3 is 0 Å². The molecule has 0 saturated carbocycles. The Labute approximate surface area is 71.4 Å². The molecule has 1 heterocycles. The summed E-state index contributed by atoms with van der Waals surface area (Å²) in [6, 6.07) is 1.97. The molecule has 0 aliphatic rings. The molecule has 0 aliphatic heterocycles. The monoisotopic (exact) mass is 166 g/mol. The van der Waals surface area contributed by atoms with Gasteiger partial charge in [0.05, 0.1) is 0 Å². The lowest BCUT2D eigenvalue weighted by atomic mass is 10.1. The number of pyridine rings is 1. The first-order valence-corrected chi connectivity index (χ1v) is 3.75. The van der Waals surface area contributed by atoms with E-state index in [0.717, 1.165) is 16.8 Å². The SMILES string of the molecule is Cc1cc(C)c(C(N)=S)cn1. The van der Waals surface area contributed by atoms with Crippen LogP contribution in [0.2, 0.25) is 0 Å². The maximum atomic E-state index is 5.46. The third kappa shape index (κ3) is 1.74. The molecule has 1 aromatic heterocycles. The number of hydrogen-bond donors (Lipinski definition) is 1. The normalized spacial score (nSPS) is 9.64. The summed E-state index contributed by atoms with van der Waals surface area (Å²) in [6.07, 6.45) is 1.72. The van der Waals surface area contributed by atoms with Crippen LogP contribution in [0.5, 0.6) is 0 Å². The van der Waals surface area contributed by atoms with Crippen molar-refractivity contribution in [1.29, 1.82) is 0 Å². The Kier molecular flexibility index (Phi) is 2.19. The molecule has 11 heavy (non-hydrogen) atoms. The van der Waals surface area contributed by atoms with Gasteiger partial charge < -0.3 is 5.73 Å². The Morgan fingerprint density at radius 3 is 2.64 bits per heavy atom. The lowest BCUT2D eigenvalue weighted by molar-refractivity contribution is 1.17.